The fourth-order valence-electron chi connectivity index (χ4n) is 0.578. The van der Waals surface area contributed by atoms with Gasteiger partial charge in [0.15, 0.2) is 0 Å². The van der Waals surface area contributed by atoms with Gasteiger partial charge in [0.25, 0.3) is 5.95 Å². The Labute approximate surface area is 77.6 Å². The number of ether oxygens (including phenoxy) is 2. The molecular formula is C7H7BrO4. The fraction of sp³-hybridized carbons (Fsp3) is 0.286. The number of rotatable bonds is 2. The summed E-state index contributed by atoms with van der Waals surface area (Å²) in [4.78, 5) is 10.7. The summed E-state index contributed by atoms with van der Waals surface area (Å²) in [7, 11) is 0. The predicted molar refractivity (Wildman–Crippen MR) is 44.1 cm³/mol. The van der Waals surface area contributed by atoms with Crippen molar-refractivity contribution in [3.8, 4) is 5.95 Å². The number of halogens is 1. The lowest BCUT2D eigenvalue weighted by molar-refractivity contribution is 0.0949. The van der Waals surface area contributed by atoms with Crippen molar-refractivity contribution >= 4 is 22.1 Å². The number of hydrogen-bond donors (Lipinski definition) is 0. The second-order valence-corrected chi connectivity index (χ2v) is 2.78. The lowest BCUT2D eigenvalue weighted by atomic mass is 10.6. The molecule has 0 N–H and O–H groups in total. The van der Waals surface area contributed by atoms with Crippen LogP contribution in [-0.2, 0) is 4.74 Å². The molecule has 0 unspecified atom stereocenters. The Hall–Kier alpha value is -0.970. The van der Waals surface area contributed by atoms with Gasteiger partial charge in [-0.2, -0.15) is 0 Å². The van der Waals surface area contributed by atoms with Gasteiger partial charge in [-0.25, -0.2) is 4.79 Å². The van der Waals surface area contributed by atoms with Crippen LogP contribution < -0.4 is 4.74 Å². The van der Waals surface area contributed by atoms with Crippen molar-refractivity contribution in [3.05, 3.63) is 16.8 Å². The van der Waals surface area contributed by atoms with E-state index in [0.717, 1.165) is 0 Å². The Morgan fingerprint density at radius 3 is 3.00 bits per heavy atom. The van der Waals surface area contributed by atoms with E-state index in [4.69, 9.17) is 4.42 Å². The SMILES string of the molecule is CCOC(=O)Oc1cc(Br)co1. The Morgan fingerprint density at radius 1 is 1.75 bits per heavy atom. The van der Waals surface area contributed by atoms with Crippen molar-refractivity contribution in [3.63, 3.8) is 0 Å². The summed E-state index contributed by atoms with van der Waals surface area (Å²) in [5.74, 6) is 0.111. The molecule has 0 aliphatic heterocycles. The molecule has 0 spiro atoms. The van der Waals surface area contributed by atoms with Crippen LogP contribution >= 0.6 is 15.9 Å². The molecule has 0 aliphatic rings. The van der Waals surface area contributed by atoms with Gasteiger partial charge < -0.3 is 13.9 Å². The van der Waals surface area contributed by atoms with E-state index >= 15 is 0 Å². The second-order valence-electron chi connectivity index (χ2n) is 1.87. The molecule has 66 valence electrons. The zero-order valence-corrected chi connectivity index (χ0v) is 7.96. The van der Waals surface area contributed by atoms with Gasteiger partial charge in [-0.1, -0.05) is 0 Å². The predicted octanol–water partition coefficient (Wildman–Crippen LogP) is 2.58. The molecule has 0 aromatic carbocycles. The van der Waals surface area contributed by atoms with Crippen molar-refractivity contribution in [1.82, 2.24) is 0 Å². The highest BCUT2D eigenvalue weighted by atomic mass is 79.9. The van der Waals surface area contributed by atoms with Gasteiger partial charge in [-0.3, -0.25) is 0 Å². The van der Waals surface area contributed by atoms with E-state index in [1.807, 2.05) is 0 Å². The quantitative estimate of drug-likeness (QED) is 0.739. The highest BCUT2D eigenvalue weighted by Crippen LogP contribution is 2.20. The van der Waals surface area contributed by atoms with E-state index in [0.29, 0.717) is 4.47 Å². The summed E-state index contributed by atoms with van der Waals surface area (Å²) in [6.07, 6.45) is 0.647. The maximum atomic E-state index is 10.7. The van der Waals surface area contributed by atoms with Crippen LogP contribution in [0.4, 0.5) is 4.79 Å². The lowest BCUT2D eigenvalue weighted by Crippen LogP contribution is -2.09. The maximum absolute atomic E-state index is 10.7. The van der Waals surface area contributed by atoms with Gasteiger partial charge in [0.2, 0.25) is 0 Å². The topological polar surface area (TPSA) is 48.7 Å². The van der Waals surface area contributed by atoms with Crippen molar-refractivity contribution in [2.24, 2.45) is 0 Å². The first kappa shape index (κ1) is 9.12. The third-order valence-corrected chi connectivity index (χ3v) is 1.41. The lowest BCUT2D eigenvalue weighted by Gasteiger charge is -1.98. The third-order valence-electron chi connectivity index (χ3n) is 0.990. The van der Waals surface area contributed by atoms with E-state index in [9.17, 15) is 4.79 Å². The molecular weight excluding hydrogens is 228 g/mol. The van der Waals surface area contributed by atoms with E-state index in [-0.39, 0.29) is 12.6 Å². The Kier molecular flexibility index (Phi) is 3.16. The van der Waals surface area contributed by atoms with Crippen LogP contribution in [0.25, 0.3) is 0 Å². The normalized spacial score (nSPS) is 9.50. The fourth-order valence-corrected chi connectivity index (χ4v) is 0.858. The number of carbonyl (C=O) groups excluding carboxylic acids is 1. The average Bonchev–Trinajstić information content (AvgIpc) is 2.36. The largest absolute Gasteiger partial charge is 0.516 e. The summed E-state index contributed by atoms with van der Waals surface area (Å²) in [6, 6.07) is 1.52. The summed E-state index contributed by atoms with van der Waals surface area (Å²) < 4.78 is 14.7. The van der Waals surface area contributed by atoms with Crippen LogP contribution in [0.3, 0.4) is 0 Å². The molecule has 0 radical (unpaired) electrons. The molecule has 0 aliphatic carbocycles. The zero-order valence-electron chi connectivity index (χ0n) is 6.37. The summed E-state index contributed by atoms with van der Waals surface area (Å²) in [5.41, 5.74) is 0. The summed E-state index contributed by atoms with van der Waals surface area (Å²) in [5, 5.41) is 0. The smallest absolute Gasteiger partial charge is 0.434 e. The Balaban J connectivity index is 2.46. The van der Waals surface area contributed by atoms with Gasteiger partial charge in [0, 0.05) is 6.07 Å². The molecule has 4 nitrogen and oxygen atoms in total. The number of hydrogen-bond acceptors (Lipinski definition) is 4. The molecule has 0 fully saturated rings. The first-order valence-corrected chi connectivity index (χ1v) is 4.10. The van der Waals surface area contributed by atoms with Crippen LogP contribution in [0.1, 0.15) is 6.92 Å². The molecule has 5 heteroatoms. The van der Waals surface area contributed by atoms with Gasteiger partial charge in [-0.15, -0.1) is 0 Å². The monoisotopic (exact) mass is 234 g/mol. The van der Waals surface area contributed by atoms with E-state index in [1.54, 1.807) is 6.92 Å². The highest BCUT2D eigenvalue weighted by molar-refractivity contribution is 9.10. The molecule has 0 saturated carbocycles. The van der Waals surface area contributed by atoms with Gasteiger partial charge in [-0.05, 0) is 22.9 Å². The van der Waals surface area contributed by atoms with E-state index in [2.05, 4.69) is 25.4 Å². The van der Waals surface area contributed by atoms with E-state index < -0.39 is 6.16 Å². The van der Waals surface area contributed by atoms with Gasteiger partial charge in [0.05, 0.1) is 11.1 Å². The first-order valence-electron chi connectivity index (χ1n) is 3.31. The van der Waals surface area contributed by atoms with Crippen molar-refractivity contribution < 1.29 is 18.7 Å². The Morgan fingerprint density at radius 2 is 2.50 bits per heavy atom. The standard InChI is InChI=1S/C7H7BrO4/c1-2-10-7(9)12-6-3-5(8)4-11-6/h3-4H,2H2,1H3. The molecule has 1 aromatic heterocycles. The summed E-state index contributed by atoms with van der Waals surface area (Å²) >= 11 is 3.14. The second kappa shape index (κ2) is 4.15. The van der Waals surface area contributed by atoms with Crippen LogP contribution in [0.5, 0.6) is 5.95 Å². The summed E-state index contributed by atoms with van der Waals surface area (Å²) in [6.45, 7) is 1.97. The van der Waals surface area contributed by atoms with Crippen LogP contribution in [0.15, 0.2) is 21.2 Å². The van der Waals surface area contributed by atoms with E-state index in [1.165, 1.54) is 12.3 Å². The minimum atomic E-state index is -0.764. The van der Waals surface area contributed by atoms with Gasteiger partial charge in [0.1, 0.15) is 6.26 Å². The molecule has 12 heavy (non-hydrogen) atoms. The van der Waals surface area contributed by atoms with Crippen molar-refractivity contribution in [2.45, 2.75) is 6.92 Å². The maximum Gasteiger partial charge on any atom is 0.516 e. The Bertz CT molecular complexity index is 268. The minimum absolute atomic E-state index is 0.111. The van der Waals surface area contributed by atoms with Crippen LogP contribution in [-0.4, -0.2) is 12.8 Å². The molecule has 1 rings (SSSR count). The molecule has 0 amide bonds. The first-order chi connectivity index (χ1) is 5.72. The van der Waals surface area contributed by atoms with Crippen LogP contribution in [0.2, 0.25) is 0 Å². The van der Waals surface area contributed by atoms with Crippen molar-refractivity contribution in [2.75, 3.05) is 6.61 Å². The number of furan rings is 1. The molecule has 0 bridgehead atoms. The zero-order chi connectivity index (χ0) is 8.97. The molecule has 1 aromatic rings. The van der Waals surface area contributed by atoms with Crippen LogP contribution in [0, 0.1) is 0 Å². The highest BCUT2D eigenvalue weighted by Gasteiger charge is 2.07. The third kappa shape index (κ3) is 2.58. The van der Waals surface area contributed by atoms with Gasteiger partial charge >= 0.3 is 6.16 Å². The molecule has 0 atom stereocenters. The molecule has 0 saturated heterocycles. The molecule has 1 heterocycles. The average molecular weight is 235 g/mol. The minimum Gasteiger partial charge on any atom is -0.434 e. The number of carbonyl (C=O) groups is 1. The van der Waals surface area contributed by atoms with Crippen molar-refractivity contribution in [1.29, 1.82) is 0 Å².